The normalized spacial score (nSPS) is 10.5. The highest BCUT2D eigenvalue weighted by atomic mass is 32.2. The lowest BCUT2D eigenvalue weighted by Crippen LogP contribution is -2.16. The summed E-state index contributed by atoms with van der Waals surface area (Å²) >= 11 is 1.29. The summed E-state index contributed by atoms with van der Waals surface area (Å²) < 4.78 is 12.2. The van der Waals surface area contributed by atoms with Gasteiger partial charge in [-0.1, -0.05) is 66.4 Å². The molecule has 0 aliphatic rings. The quantitative estimate of drug-likeness (QED) is 0.257. The summed E-state index contributed by atoms with van der Waals surface area (Å²) in [7, 11) is 0. The fraction of sp³-hybridized carbons (Fsp3) is 0.154. The molecule has 0 fully saturated rings. The number of hydrogen-bond donors (Lipinski definition) is 1. The number of carbonyl (C=O) groups excluding carboxylic acids is 2. The van der Waals surface area contributed by atoms with Gasteiger partial charge in [0, 0.05) is 23.0 Å². The van der Waals surface area contributed by atoms with Crippen LogP contribution in [0.3, 0.4) is 0 Å². The van der Waals surface area contributed by atoms with Crippen molar-refractivity contribution in [1.82, 2.24) is 14.8 Å². The zero-order valence-corrected chi connectivity index (χ0v) is 19.9. The predicted octanol–water partition coefficient (Wildman–Crippen LogP) is 4.61. The highest BCUT2D eigenvalue weighted by Crippen LogP contribution is 2.28. The van der Waals surface area contributed by atoms with Crippen LogP contribution in [-0.4, -0.2) is 45.6 Å². The molecule has 0 aliphatic carbocycles. The van der Waals surface area contributed by atoms with Crippen LogP contribution in [0.15, 0.2) is 90.1 Å². The maximum absolute atomic E-state index is 12.7. The van der Waals surface area contributed by atoms with E-state index in [1.807, 2.05) is 65.2 Å². The topological polar surface area (TPSA) is 95.3 Å². The van der Waals surface area contributed by atoms with E-state index in [4.69, 9.17) is 9.47 Å². The van der Waals surface area contributed by atoms with E-state index in [2.05, 4.69) is 15.5 Å². The predicted molar refractivity (Wildman–Crippen MR) is 135 cm³/mol. The van der Waals surface area contributed by atoms with Gasteiger partial charge in [-0.15, -0.1) is 10.2 Å². The van der Waals surface area contributed by atoms with E-state index >= 15 is 0 Å². The van der Waals surface area contributed by atoms with Crippen molar-refractivity contribution in [1.29, 1.82) is 0 Å². The number of aromatic nitrogens is 3. The second-order valence-corrected chi connectivity index (χ2v) is 8.24. The summed E-state index contributed by atoms with van der Waals surface area (Å²) in [6, 6.07) is 26.4. The average molecular weight is 489 g/mol. The monoisotopic (exact) mass is 488 g/mol. The summed E-state index contributed by atoms with van der Waals surface area (Å²) in [5.41, 5.74) is 2.40. The fourth-order valence-electron chi connectivity index (χ4n) is 3.28. The molecule has 9 heteroatoms. The minimum absolute atomic E-state index is 0.133. The summed E-state index contributed by atoms with van der Waals surface area (Å²) in [5, 5.41) is 12.2. The molecule has 8 nitrogen and oxygen atoms in total. The molecule has 178 valence electrons. The molecule has 4 aromatic rings. The molecule has 35 heavy (non-hydrogen) atoms. The molecule has 0 radical (unpaired) electrons. The molecule has 1 N–H and O–H groups in total. The van der Waals surface area contributed by atoms with E-state index < -0.39 is 5.97 Å². The average Bonchev–Trinajstić information content (AvgIpc) is 3.32. The Kier molecular flexibility index (Phi) is 8.13. The third-order valence-corrected chi connectivity index (χ3v) is 5.72. The number of rotatable bonds is 10. The Bertz CT molecular complexity index is 1280. The van der Waals surface area contributed by atoms with Crippen LogP contribution in [0.1, 0.15) is 6.92 Å². The summed E-state index contributed by atoms with van der Waals surface area (Å²) in [6.07, 6.45) is 0. The van der Waals surface area contributed by atoms with Crippen LogP contribution < -0.4 is 10.1 Å². The van der Waals surface area contributed by atoms with E-state index in [0.29, 0.717) is 29.0 Å². The lowest BCUT2D eigenvalue weighted by atomic mass is 10.2. The second-order valence-electron chi connectivity index (χ2n) is 7.30. The van der Waals surface area contributed by atoms with Crippen molar-refractivity contribution in [3.8, 4) is 22.8 Å². The molecule has 0 unspecified atom stereocenters. The van der Waals surface area contributed by atoms with Crippen LogP contribution in [-0.2, 0) is 14.3 Å². The molecule has 0 bridgehead atoms. The number of hydrogen-bond acceptors (Lipinski definition) is 7. The molecule has 4 rings (SSSR count). The minimum Gasteiger partial charge on any atom is -0.482 e. The number of esters is 1. The summed E-state index contributed by atoms with van der Waals surface area (Å²) in [6.45, 7) is 1.83. The van der Waals surface area contributed by atoms with E-state index in [9.17, 15) is 9.59 Å². The van der Waals surface area contributed by atoms with Crippen molar-refractivity contribution >= 4 is 29.3 Å². The number of nitrogens with zero attached hydrogens (tertiary/aromatic N) is 3. The zero-order valence-electron chi connectivity index (χ0n) is 19.1. The Labute approximate surface area is 207 Å². The second kappa shape index (κ2) is 11.8. The Morgan fingerprint density at radius 3 is 2.43 bits per heavy atom. The molecule has 0 aliphatic heterocycles. The highest BCUT2D eigenvalue weighted by Gasteiger charge is 2.17. The minimum atomic E-state index is -0.448. The Morgan fingerprint density at radius 2 is 1.69 bits per heavy atom. The van der Waals surface area contributed by atoms with Crippen molar-refractivity contribution in [2.24, 2.45) is 0 Å². The lowest BCUT2D eigenvalue weighted by Gasteiger charge is -2.11. The van der Waals surface area contributed by atoms with Gasteiger partial charge in [0.2, 0.25) is 5.91 Å². The van der Waals surface area contributed by atoms with Gasteiger partial charge >= 0.3 is 5.97 Å². The molecular formula is C26H24N4O4S. The summed E-state index contributed by atoms with van der Waals surface area (Å²) in [4.78, 5) is 24.2. The van der Waals surface area contributed by atoms with E-state index in [-0.39, 0.29) is 18.3 Å². The Hall–Kier alpha value is -4.11. The van der Waals surface area contributed by atoms with Crippen molar-refractivity contribution in [2.75, 3.05) is 24.3 Å². The van der Waals surface area contributed by atoms with Crippen LogP contribution >= 0.6 is 11.8 Å². The number of para-hydroxylation sites is 1. The molecule has 1 heterocycles. The summed E-state index contributed by atoms with van der Waals surface area (Å²) in [5.74, 6) is 0.636. The van der Waals surface area contributed by atoms with Crippen LogP contribution in [0.5, 0.6) is 5.75 Å². The number of carbonyl (C=O) groups is 2. The molecule has 3 aromatic carbocycles. The van der Waals surface area contributed by atoms with E-state index in [1.165, 1.54) is 11.8 Å². The van der Waals surface area contributed by atoms with Crippen LogP contribution in [0.2, 0.25) is 0 Å². The number of thioether (sulfide) groups is 1. The van der Waals surface area contributed by atoms with E-state index in [0.717, 1.165) is 11.3 Å². The van der Waals surface area contributed by atoms with Crippen molar-refractivity contribution in [2.45, 2.75) is 12.1 Å². The molecule has 1 amide bonds. The van der Waals surface area contributed by atoms with E-state index in [1.54, 1.807) is 31.2 Å². The Morgan fingerprint density at radius 1 is 0.943 bits per heavy atom. The molecule has 0 spiro atoms. The number of anilines is 1. The number of ether oxygens (including phenoxy) is 2. The Balaban J connectivity index is 1.44. The maximum Gasteiger partial charge on any atom is 0.344 e. The van der Waals surface area contributed by atoms with Crippen LogP contribution in [0, 0.1) is 0 Å². The van der Waals surface area contributed by atoms with Gasteiger partial charge in [0.05, 0.1) is 12.4 Å². The van der Waals surface area contributed by atoms with Crippen molar-refractivity contribution in [3.05, 3.63) is 84.9 Å². The molecule has 1 aromatic heterocycles. The molecular weight excluding hydrogens is 464 g/mol. The highest BCUT2D eigenvalue weighted by molar-refractivity contribution is 7.99. The number of benzene rings is 3. The fourth-order valence-corrected chi connectivity index (χ4v) is 4.04. The molecule has 0 saturated carbocycles. The zero-order chi connectivity index (χ0) is 24.5. The SMILES string of the molecule is CCOC(=O)COc1cccc(NC(=O)CSc2nnc(-c3ccccc3)n2-c2ccccc2)c1. The maximum atomic E-state index is 12.7. The van der Waals surface area contributed by atoms with Crippen molar-refractivity contribution in [3.63, 3.8) is 0 Å². The van der Waals surface area contributed by atoms with Gasteiger partial charge in [-0.3, -0.25) is 9.36 Å². The van der Waals surface area contributed by atoms with Gasteiger partial charge in [-0.25, -0.2) is 4.79 Å². The van der Waals surface area contributed by atoms with Gasteiger partial charge in [-0.05, 0) is 31.2 Å². The van der Waals surface area contributed by atoms with Gasteiger partial charge in [0.25, 0.3) is 0 Å². The first kappa shape index (κ1) is 24.0. The standard InChI is InChI=1S/C26H24N4O4S/c1-2-33-24(32)17-34-22-15-9-12-20(16-22)27-23(31)18-35-26-29-28-25(19-10-5-3-6-11-19)30(26)21-13-7-4-8-14-21/h3-16H,2,17-18H2,1H3,(H,27,31). The third-order valence-electron chi connectivity index (χ3n) is 4.79. The lowest BCUT2D eigenvalue weighted by molar-refractivity contribution is -0.145. The number of nitrogens with one attached hydrogen (secondary N) is 1. The molecule has 0 saturated heterocycles. The largest absolute Gasteiger partial charge is 0.482 e. The van der Waals surface area contributed by atoms with Crippen LogP contribution in [0.25, 0.3) is 17.1 Å². The van der Waals surface area contributed by atoms with Gasteiger partial charge in [0.1, 0.15) is 5.75 Å². The third kappa shape index (κ3) is 6.48. The van der Waals surface area contributed by atoms with Crippen LogP contribution in [0.4, 0.5) is 5.69 Å². The molecule has 0 atom stereocenters. The van der Waals surface area contributed by atoms with Gasteiger partial charge < -0.3 is 14.8 Å². The first-order chi connectivity index (χ1) is 17.1. The van der Waals surface area contributed by atoms with Gasteiger partial charge in [0.15, 0.2) is 17.6 Å². The smallest absolute Gasteiger partial charge is 0.344 e. The first-order valence-electron chi connectivity index (χ1n) is 11.0. The number of amides is 1. The van der Waals surface area contributed by atoms with Gasteiger partial charge in [-0.2, -0.15) is 0 Å². The van der Waals surface area contributed by atoms with Crippen molar-refractivity contribution < 1.29 is 19.1 Å². The first-order valence-corrected chi connectivity index (χ1v) is 12.0.